The lowest BCUT2D eigenvalue weighted by molar-refractivity contribution is -0.123. The van der Waals surface area contributed by atoms with Crippen LogP contribution >= 0.6 is 24.0 Å². The van der Waals surface area contributed by atoms with Crippen LogP contribution in [-0.4, -0.2) is 70.7 Å². The number of amides is 1. The molecule has 2 aromatic rings. The van der Waals surface area contributed by atoms with Gasteiger partial charge in [0.15, 0.2) is 9.84 Å². The largest absolute Gasteiger partial charge is 0.383 e. The van der Waals surface area contributed by atoms with Crippen LogP contribution in [0.25, 0.3) is 11.7 Å². The fourth-order valence-corrected chi connectivity index (χ4v) is 6.78. The summed E-state index contributed by atoms with van der Waals surface area (Å²) in [6.45, 7) is 2.70. The number of carbonyl (C=O) groups is 1. The molecule has 9 nitrogen and oxygen atoms in total. The van der Waals surface area contributed by atoms with E-state index in [1.54, 1.807) is 19.4 Å². The maximum Gasteiger partial charge on any atom is 0.267 e. The molecule has 0 spiro atoms. The van der Waals surface area contributed by atoms with Crippen molar-refractivity contribution in [2.24, 2.45) is 0 Å². The molecule has 0 saturated carbocycles. The fourth-order valence-electron chi connectivity index (χ4n) is 3.70. The normalized spacial score (nSPS) is 21.8. The molecule has 2 fully saturated rings. The number of thiocarbonyl (C=S) groups is 1. The number of methoxy groups -OCH3 is 1. The first-order valence-corrected chi connectivity index (χ1v) is 13.0. The average Bonchev–Trinajstić information content (AvgIpc) is 3.23. The molecule has 2 aliphatic heterocycles. The molecule has 32 heavy (non-hydrogen) atoms. The van der Waals surface area contributed by atoms with E-state index < -0.39 is 21.8 Å². The number of nitrogens with one attached hydrogen (secondary N) is 1. The third-order valence-electron chi connectivity index (χ3n) is 5.28. The van der Waals surface area contributed by atoms with Crippen molar-refractivity contribution in [3.05, 3.63) is 44.7 Å². The van der Waals surface area contributed by atoms with Crippen molar-refractivity contribution in [3.63, 3.8) is 0 Å². The number of hydrogen-bond acceptors (Lipinski definition) is 9. The molecule has 0 aliphatic carbocycles. The summed E-state index contributed by atoms with van der Waals surface area (Å²) in [6.07, 6.45) is 3.53. The number of hydrogen-bond donors (Lipinski definition) is 1. The van der Waals surface area contributed by atoms with Gasteiger partial charge >= 0.3 is 0 Å². The molecular weight excluding hydrogens is 472 g/mol. The van der Waals surface area contributed by atoms with Gasteiger partial charge in [-0.25, -0.2) is 13.4 Å². The maximum atomic E-state index is 13.3. The average molecular weight is 495 g/mol. The highest BCUT2D eigenvalue weighted by Crippen LogP contribution is 2.36. The van der Waals surface area contributed by atoms with Crippen molar-refractivity contribution in [1.29, 1.82) is 0 Å². The Labute approximate surface area is 194 Å². The molecule has 4 rings (SSSR count). The van der Waals surface area contributed by atoms with Gasteiger partial charge in [0.25, 0.3) is 11.5 Å². The molecule has 1 atom stereocenters. The number of anilines is 1. The molecule has 2 aliphatic rings. The minimum absolute atomic E-state index is 0.0383. The van der Waals surface area contributed by atoms with Gasteiger partial charge in [0.1, 0.15) is 15.8 Å². The molecule has 0 unspecified atom stereocenters. The summed E-state index contributed by atoms with van der Waals surface area (Å²) >= 11 is 6.43. The quantitative estimate of drug-likeness (QED) is 0.362. The Morgan fingerprint density at radius 1 is 1.38 bits per heavy atom. The van der Waals surface area contributed by atoms with Crippen LogP contribution in [0.2, 0.25) is 0 Å². The summed E-state index contributed by atoms with van der Waals surface area (Å²) in [7, 11) is -1.61. The molecule has 2 saturated heterocycles. The second-order valence-corrected chi connectivity index (χ2v) is 11.5. The number of sulfone groups is 1. The summed E-state index contributed by atoms with van der Waals surface area (Å²) in [5.41, 5.74) is 1.26. The van der Waals surface area contributed by atoms with Crippen LogP contribution in [0.15, 0.2) is 28.0 Å². The summed E-state index contributed by atoms with van der Waals surface area (Å²) in [5, 5.41) is 3.10. The maximum absolute atomic E-state index is 13.3. The Balaban J connectivity index is 1.75. The predicted molar refractivity (Wildman–Crippen MR) is 129 cm³/mol. The van der Waals surface area contributed by atoms with Crippen LogP contribution < -0.4 is 10.9 Å². The Morgan fingerprint density at radius 3 is 2.84 bits per heavy atom. The lowest BCUT2D eigenvalue weighted by Crippen LogP contribution is -2.39. The highest BCUT2D eigenvalue weighted by molar-refractivity contribution is 8.26. The van der Waals surface area contributed by atoms with Gasteiger partial charge in [0.05, 0.1) is 34.6 Å². The van der Waals surface area contributed by atoms with Gasteiger partial charge in [-0.1, -0.05) is 30.0 Å². The Hall–Kier alpha value is -2.28. The topological polar surface area (TPSA) is 110 Å². The zero-order valence-electron chi connectivity index (χ0n) is 17.5. The van der Waals surface area contributed by atoms with Crippen molar-refractivity contribution in [3.8, 4) is 0 Å². The summed E-state index contributed by atoms with van der Waals surface area (Å²) in [5.74, 6) is -0.115. The molecule has 0 bridgehead atoms. The van der Waals surface area contributed by atoms with E-state index in [9.17, 15) is 18.0 Å². The second-order valence-electron chi connectivity index (χ2n) is 7.64. The first-order valence-electron chi connectivity index (χ1n) is 9.93. The minimum Gasteiger partial charge on any atom is -0.383 e. The van der Waals surface area contributed by atoms with Crippen molar-refractivity contribution in [2.45, 2.75) is 19.4 Å². The molecule has 1 N–H and O–H groups in total. The molecule has 0 aromatic carbocycles. The summed E-state index contributed by atoms with van der Waals surface area (Å²) in [4.78, 5) is 32.6. The Morgan fingerprint density at radius 2 is 2.16 bits per heavy atom. The third-order valence-corrected chi connectivity index (χ3v) is 8.36. The van der Waals surface area contributed by atoms with Crippen molar-refractivity contribution < 1.29 is 17.9 Å². The van der Waals surface area contributed by atoms with Crippen LogP contribution in [-0.2, 0) is 19.4 Å². The van der Waals surface area contributed by atoms with E-state index in [4.69, 9.17) is 17.0 Å². The highest BCUT2D eigenvalue weighted by Gasteiger charge is 2.42. The monoisotopic (exact) mass is 494 g/mol. The molecule has 0 radical (unpaired) electrons. The molecular formula is C20H22N4O5S3. The van der Waals surface area contributed by atoms with Gasteiger partial charge in [-0.15, -0.1) is 0 Å². The van der Waals surface area contributed by atoms with E-state index in [0.29, 0.717) is 35.4 Å². The van der Waals surface area contributed by atoms with Gasteiger partial charge in [0.2, 0.25) is 0 Å². The minimum atomic E-state index is -3.18. The molecule has 4 heterocycles. The first kappa shape index (κ1) is 22.9. The van der Waals surface area contributed by atoms with Crippen LogP contribution in [0.3, 0.4) is 0 Å². The molecule has 1 amide bonds. The lowest BCUT2D eigenvalue weighted by Gasteiger charge is -2.20. The van der Waals surface area contributed by atoms with E-state index in [0.717, 1.165) is 17.3 Å². The number of pyridine rings is 1. The standard InChI is InChI=1S/C20H22N4O5S3/c1-12-3-4-16-22-17(21-6-7-29-2)14(18(25)23(16)10-12)9-15-19(26)24(20(30)31-15)13-5-8-32(27,28)11-13/h3-4,9-10,13,21H,5-8,11H2,1-2H3/b15-9-/t13-/m1/s1. The van der Waals surface area contributed by atoms with Crippen molar-refractivity contribution >= 4 is 61.6 Å². The van der Waals surface area contributed by atoms with Crippen LogP contribution in [0.5, 0.6) is 0 Å². The van der Waals surface area contributed by atoms with E-state index in [-0.39, 0.29) is 27.5 Å². The van der Waals surface area contributed by atoms with Crippen molar-refractivity contribution in [2.75, 3.05) is 37.1 Å². The van der Waals surface area contributed by atoms with Crippen LogP contribution in [0, 0.1) is 6.92 Å². The molecule has 170 valence electrons. The van der Waals surface area contributed by atoms with Gasteiger partial charge in [-0.05, 0) is 31.1 Å². The van der Waals surface area contributed by atoms with E-state index in [1.165, 1.54) is 15.4 Å². The van der Waals surface area contributed by atoms with Gasteiger partial charge < -0.3 is 10.1 Å². The molecule has 2 aromatic heterocycles. The van der Waals surface area contributed by atoms with Gasteiger partial charge in [-0.2, -0.15) is 0 Å². The smallest absolute Gasteiger partial charge is 0.267 e. The fraction of sp³-hybridized carbons (Fsp3) is 0.400. The second kappa shape index (κ2) is 8.93. The number of aromatic nitrogens is 2. The number of fused-ring (bicyclic) bond motifs is 1. The van der Waals surface area contributed by atoms with Crippen LogP contribution in [0.4, 0.5) is 5.82 Å². The number of carbonyl (C=O) groups excluding carboxylic acids is 1. The van der Waals surface area contributed by atoms with E-state index >= 15 is 0 Å². The zero-order valence-corrected chi connectivity index (χ0v) is 20.0. The van der Waals surface area contributed by atoms with Crippen molar-refractivity contribution in [1.82, 2.24) is 14.3 Å². The predicted octanol–water partition coefficient (Wildman–Crippen LogP) is 1.45. The van der Waals surface area contributed by atoms with Crippen LogP contribution in [0.1, 0.15) is 17.5 Å². The third kappa shape index (κ3) is 4.45. The number of ether oxygens (including phenoxy) is 1. The number of rotatable bonds is 6. The Kier molecular flexibility index (Phi) is 6.39. The SMILES string of the molecule is COCCNc1nc2ccc(C)cn2c(=O)c1/C=C1\SC(=S)N([C@@H]2CCS(=O)(=O)C2)C1=O. The number of nitrogens with zero attached hydrogens (tertiary/aromatic N) is 3. The lowest BCUT2D eigenvalue weighted by atomic mass is 10.2. The van der Waals surface area contributed by atoms with Gasteiger partial charge in [-0.3, -0.25) is 18.9 Å². The molecule has 12 heteroatoms. The summed E-state index contributed by atoms with van der Waals surface area (Å²) in [6, 6.07) is 3.14. The zero-order chi connectivity index (χ0) is 23.0. The first-order chi connectivity index (χ1) is 15.2. The van der Waals surface area contributed by atoms with E-state index in [2.05, 4.69) is 10.3 Å². The number of thioether (sulfide) groups is 1. The summed E-state index contributed by atoms with van der Waals surface area (Å²) < 4.78 is 30.6. The highest BCUT2D eigenvalue weighted by atomic mass is 32.2. The van der Waals surface area contributed by atoms with E-state index in [1.807, 2.05) is 13.0 Å². The number of aryl methyl sites for hydroxylation is 1. The Bertz CT molecular complexity index is 1300. The van der Waals surface area contributed by atoms with Gasteiger partial charge in [0, 0.05) is 19.9 Å².